The number of esters is 1. The van der Waals surface area contributed by atoms with Crippen LogP contribution in [0.3, 0.4) is 0 Å². The van der Waals surface area contributed by atoms with Crippen LogP contribution in [0.4, 0.5) is 0 Å². The molecular formula is C28H37NO6. The monoisotopic (exact) mass is 483 g/mol. The topological polar surface area (TPSA) is 102 Å². The van der Waals surface area contributed by atoms with Crippen LogP contribution in [-0.4, -0.2) is 49.3 Å². The summed E-state index contributed by atoms with van der Waals surface area (Å²) in [5, 5.41) is 11.5. The first kappa shape index (κ1) is 28.1. The second kappa shape index (κ2) is 16.4. The molecule has 0 heterocycles. The van der Waals surface area contributed by atoms with Crippen molar-refractivity contribution < 1.29 is 29.0 Å². The SMILES string of the molecule is CCOC(=O)[C@H](CCCNC(=O)CCOCCCCC(=O)O)Cc1ccc(-c2ccccc2)cc1. The summed E-state index contributed by atoms with van der Waals surface area (Å²) in [6, 6.07) is 18.4. The van der Waals surface area contributed by atoms with Crippen LogP contribution in [0, 0.1) is 5.92 Å². The van der Waals surface area contributed by atoms with Crippen molar-refractivity contribution in [1.82, 2.24) is 5.32 Å². The third-order valence-electron chi connectivity index (χ3n) is 5.62. The number of amides is 1. The van der Waals surface area contributed by atoms with Crippen molar-refractivity contribution in [2.24, 2.45) is 5.92 Å². The van der Waals surface area contributed by atoms with Crippen LogP contribution in [0.1, 0.15) is 51.0 Å². The van der Waals surface area contributed by atoms with Gasteiger partial charge in [-0.1, -0.05) is 54.6 Å². The lowest BCUT2D eigenvalue weighted by molar-refractivity contribution is -0.148. The normalized spacial score (nSPS) is 11.6. The van der Waals surface area contributed by atoms with E-state index in [1.54, 1.807) is 6.92 Å². The average Bonchev–Trinajstić information content (AvgIpc) is 2.86. The van der Waals surface area contributed by atoms with E-state index >= 15 is 0 Å². The van der Waals surface area contributed by atoms with E-state index in [0.29, 0.717) is 58.5 Å². The Morgan fingerprint density at radius 1 is 0.886 bits per heavy atom. The highest BCUT2D eigenvalue weighted by atomic mass is 16.5. The van der Waals surface area contributed by atoms with Gasteiger partial charge in [0.2, 0.25) is 5.91 Å². The molecule has 2 aromatic carbocycles. The van der Waals surface area contributed by atoms with E-state index in [1.165, 1.54) is 0 Å². The molecule has 0 saturated carbocycles. The molecule has 0 spiro atoms. The summed E-state index contributed by atoms with van der Waals surface area (Å²) in [4.78, 5) is 34.9. The smallest absolute Gasteiger partial charge is 0.309 e. The van der Waals surface area contributed by atoms with Crippen molar-refractivity contribution in [1.29, 1.82) is 0 Å². The highest BCUT2D eigenvalue weighted by Gasteiger charge is 2.20. The Bertz CT molecular complexity index is 897. The van der Waals surface area contributed by atoms with Crippen LogP contribution >= 0.6 is 0 Å². The molecule has 2 N–H and O–H groups in total. The summed E-state index contributed by atoms with van der Waals surface area (Å²) < 4.78 is 10.7. The van der Waals surface area contributed by atoms with Crippen molar-refractivity contribution in [2.45, 2.75) is 51.9 Å². The van der Waals surface area contributed by atoms with E-state index in [-0.39, 0.29) is 30.6 Å². The summed E-state index contributed by atoms with van der Waals surface area (Å²) in [6.07, 6.45) is 3.52. The third kappa shape index (κ3) is 11.7. The summed E-state index contributed by atoms with van der Waals surface area (Å²) in [5.74, 6) is -1.37. The minimum Gasteiger partial charge on any atom is -0.481 e. The summed E-state index contributed by atoms with van der Waals surface area (Å²) >= 11 is 0. The van der Waals surface area contributed by atoms with E-state index in [9.17, 15) is 14.4 Å². The first-order chi connectivity index (χ1) is 17.0. The van der Waals surface area contributed by atoms with Crippen LogP contribution in [0.15, 0.2) is 54.6 Å². The fraction of sp³-hybridized carbons (Fsp3) is 0.464. The number of aliphatic carboxylic acids is 1. The van der Waals surface area contributed by atoms with Gasteiger partial charge in [-0.25, -0.2) is 0 Å². The van der Waals surface area contributed by atoms with Gasteiger partial charge in [0.15, 0.2) is 0 Å². The molecule has 0 aliphatic carbocycles. The zero-order valence-electron chi connectivity index (χ0n) is 20.5. The van der Waals surface area contributed by atoms with Gasteiger partial charge in [-0.05, 0) is 55.7 Å². The second-order valence-corrected chi connectivity index (χ2v) is 8.42. The van der Waals surface area contributed by atoms with Gasteiger partial charge in [0.05, 0.1) is 19.1 Å². The molecule has 7 heteroatoms. The first-order valence-electron chi connectivity index (χ1n) is 12.4. The zero-order chi connectivity index (χ0) is 25.3. The highest BCUT2D eigenvalue weighted by Crippen LogP contribution is 2.22. The lowest BCUT2D eigenvalue weighted by Crippen LogP contribution is -2.27. The van der Waals surface area contributed by atoms with Crippen LogP contribution in [0.5, 0.6) is 0 Å². The summed E-state index contributed by atoms with van der Waals surface area (Å²) in [7, 11) is 0. The number of ether oxygens (including phenoxy) is 2. The first-order valence-corrected chi connectivity index (χ1v) is 12.4. The number of carboxylic acids is 1. The lowest BCUT2D eigenvalue weighted by Gasteiger charge is -2.16. The Hall–Kier alpha value is -3.19. The molecule has 0 saturated heterocycles. The van der Waals surface area contributed by atoms with Gasteiger partial charge in [0, 0.05) is 26.0 Å². The number of rotatable bonds is 17. The highest BCUT2D eigenvalue weighted by molar-refractivity contribution is 5.76. The number of hydrogen-bond donors (Lipinski definition) is 2. The van der Waals surface area contributed by atoms with Crippen LogP contribution in [-0.2, 0) is 30.3 Å². The van der Waals surface area contributed by atoms with Crippen molar-refractivity contribution in [2.75, 3.05) is 26.4 Å². The maximum atomic E-state index is 12.5. The molecule has 35 heavy (non-hydrogen) atoms. The molecular weight excluding hydrogens is 446 g/mol. The average molecular weight is 484 g/mol. The third-order valence-corrected chi connectivity index (χ3v) is 5.62. The number of nitrogens with one attached hydrogen (secondary N) is 1. The number of benzene rings is 2. The fourth-order valence-corrected chi connectivity index (χ4v) is 3.72. The lowest BCUT2D eigenvalue weighted by atomic mass is 9.93. The van der Waals surface area contributed by atoms with Crippen LogP contribution < -0.4 is 5.32 Å². The van der Waals surface area contributed by atoms with Gasteiger partial charge < -0.3 is 19.9 Å². The Morgan fingerprint density at radius 2 is 1.60 bits per heavy atom. The number of carbonyl (C=O) groups excluding carboxylic acids is 2. The quantitative estimate of drug-likeness (QED) is 0.251. The number of carbonyl (C=O) groups is 3. The van der Waals surface area contributed by atoms with Crippen molar-refractivity contribution in [3.63, 3.8) is 0 Å². The van der Waals surface area contributed by atoms with E-state index in [1.807, 2.05) is 18.2 Å². The molecule has 0 bridgehead atoms. The van der Waals surface area contributed by atoms with Gasteiger partial charge in [-0.2, -0.15) is 0 Å². The molecule has 7 nitrogen and oxygen atoms in total. The Kier molecular flexibility index (Phi) is 13.2. The molecule has 1 amide bonds. The molecule has 190 valence electrons. The van der Waals surface area contributed by atoms with Gasteiger partial charge >= 0.3 is 11.9 Å². The Morgan fingerprint density at radius 3 is 2.29 bits per heavy atom. The van der Waals surface area contributed by atoms with E-state index in [4.69, 9.17) is 14.6 Å². The molecule has 0 aromatic heterocycles. The molecule has 0 unspecified atom stereocenters. The summed E-state index contributed by atoms with van der Waals surface area (Å²) in [5.41, 5.74) is 3.36. The molecule has 2 aromatic rings. The van der Waals surface area contributed by atoms with E-state index in [0.717, 1.165) is 16.7 Å². The molecule has 0 fully saturated rings. The van der Waals surface area contributed by atoms with Gasteiger partial charge in [-0.3, -0.25) is 14.4 Å². The second-order valence-electron chi connectivity index (χ2n) is 8.42. The van der Waals surface area contributed by atoms with Crippen LogP contribution in [0.25, 0.3) is 11.1 Å². The Labute approximate surface area is 207 Å². The standard InChI is InChI=1S/C28H37NO6/c1-2-35-28(33)25(21-22-13-15-24(16-14-22)23-9-4-3-5-10-23)11-8-18-29-26(30)17-20-34-19-7-6-12-27(31)32/h3-5,9-10,13-16,25H,2,6-8,11-12,17-21H2,1H3,(H,29,30)(H,31,32)/t25-/m1/s1. The molecule has 0 aliphatic heterocycles. The van der Waals surface area contributed by atoms with Crippen molar-refractivity contribution in [3.8, 4) is 11.1 Å². The predicted molar refractivity (Wildman–Crippen MR) is 135 cm³/mol. The van der Waals surface area contributed by atoms with Gasteiger partial charge in [0.25, 0.3) is 0 Å². The summed E-state index contributed by atoms with van der Waals surface area (Å²) in [6.45, 7) is 3.39. The largest absolute Gasteiger partial charge is 0.481 e. The number of carboxylic acid groups (broad SMARTS) is 1. The molecule has 1 atom stereocenters. The minimum absolute atomic E-state index is 0.0975. The number of unbranched alkanes of at least 4 members (excludes halogenated alkanes) is 1. The van der Waals surface area contributed by atoms with Gasteiger partial charge in [0.1, 0.15) is 0 Å². The Balaban J connectivity index is 1.71. The van der Waals surface area contributed by atoms with Gasteiger partial charge in [-0.15, -0.1) is 0 Å². The van der Waals surface area contributed by atoms with Crippen molar-refractivity contribution in [3.05, 3.63) is 60.2 Å². The fourth-order valence-electron chi connectivity index (χ4n) is 3.72. The van der Waals surface area contributed by atoms with Crippen molar-refractivity contribution >= 4 is 17.8 Å². The molecule has 0 radical (unpaired) electrons. The molecule has 2 rings (SSSR count). The minimum atomic E-state index is -0.810. The van der Waals surface area contributed by atoms with Crippen LogP contribution in [0.2, 0.25) is 0 Å². The molecule has 0 aliphatic rings. The zero-order valence-corrected chi connectivity index (χ0v) is 20.5. The number of hydrogen-bond acceptors (Lipinski definition) is 5. The van der Waals surface area contributed by atoms with E-state index in [2.05, 4.69) is 41.7 Å². The predicted octanol–water partition coefficient (Wildman–Crippen LogP) is 4.63. The van der Waals surface area contributed by atoms with E-state index < -0.39 is 5.97 Å². The maximum Gasteiger partial charge on any atom is 0.309 e. The maximum absolute atomic E-state index is 12.5.